The first-order chi connectivity index (χ1) is 15.1. The van der Waals surface area contributed by atoms with Gasteiger partial charge in [0, 0.05) is 11.3 Å². The van der Waals surface area contributed by atoms with Crippen LogP contribution in [-0.2, 0) is 4.79 Å². The van der Waals surface area contributed by atoms with Crippen molar-refractivity contribution in [3.63, 3.8) is 0 Å². The molecule has 0 radical (unpaired) electrons. The summed E-state index contributed by atoms with van der Waals surface area (Å²) in [7, 11) is 0. The molecule has 1 amide bonds. The lowest BCUT2D eigenvalue weighted by Crippen LogP contribution is -2.28. The molecule has 1 heterocycles. The summed E-state index contributed by atoms with van der Waals surface area (Å²) in [5.41, 5.74) is 2.65. The Morgan fingerprint density at radius 1 is 0.968 bits per heavy atom. The van der Waals surface area contributed by atoms with Crippen molar-refractivity contribution in [3.05, 3.63) is 96.3 Å². The molecule has 5 nitrogen and oxygen atoms in total. The van der Waals surface area contributed by atoms with Gasteiger partial charge in [0.1, 0.15) is 5.82 Å². The van der Waals surface area contributed by atoms with Crippen LogP contribution in [0.15, 0.2) is 90.1 Å². The van der Waals surface area contributed by atoms with Crippen molar-refractivity contribution < 1.29 is 9.18 Å². The van der Waals surface area contributed by atoms with Gasteiger partial charge in [-0.2, -0.15) is 0 Å². The van der Waals surface area contributed by atoms with Crippen LogP contribution in [0, 0.1) is 5.82 Å². The molecule has 0 bridgehead atoms. The van der Waals surface area contributed by atoms with E-state index in [1.165, 1.54) is 23.9 Å². The second-order valence-electron chi connectivity index (χ2n) is 6.97. The van der Waals surface area contributed by atoms with Gasteiger partial charge in [-0.05, 0) is 36.8 Å². The highest BCUT2D eigenvalue weighted by Gasteiger charge is 2.18. The zero-order valence-electron chi connectivity index (χ0n) is 16.9. The van der Waals surface area contributed by atoms with Crippen LogP contribution in [-0.4, -0.2) is 26.4 Å². The third-order valence-electron chi connectivity index (χ3n) is 4.76. The van der Waals surface area contributed by atoms with Crippen LogP contribution in [0.1, 0.15) is 18.5 Å². The van der Waals surface area contributed by atoms with Gasteiger partial charge in [0.2, 0.25) is 5.91 Å². The quantitative estimate of drug-likeness (QED) is 0.416. The maximum atomic E-state index is 13.5. The molecule has 7 heteroatoms. The molecule has 1 atom stereocenters. The molecule has 0 aliphatic heterocycles. The molecule has 31 heavy (non-hydrogen) atoms. The van der Waals surface area contributed by atoms with Crippen molar-refractivity contribution in [2.24, 2.45) is 0 Å². The summed E-state index contributed by atoms with van der Waals surface area (Å²) in [4.78, 5) is 12.5. The fraction of sp³-hybridized carbons (Fsp3) is 0.125. The zero-order valence-corrected chi connectivity index (χ0v) is 17.7. The number of thioether (sulfide) groups is 1. The van der Waals surface area contributed by atoms with E-state index in [0.717, 1.165) is 16.8 Å². The molecule has 0 aliphatic rings. The third kappa shape index (κ3) is 5.00. The number of benzene rings is 3. The van der Waals surface area contributed by atoms with Crippen LogP contribution < -0.4 is 5.32 Å². The molecule has 0 saturated carbocycles. The molecule has 0 spiro atoms. The number of aromatic nitrogens is 3. The number of halogens is 1. The minimum atomic E-state index is -0.318. The van der Waals surface area contributed by atoms with Crippen LogP contribution in [0.4, 0.5) is 4.39 Å². The van der Waals surface area contributed by atoms with Gasteiger partial charge in [0.25, 0.3) is 0 Å². The molecule has 1 aromatic heterocycles. The summed E-state index contributed by atoms with van der Waals surface area (Å²) < 4.78 is 15.3. The number of carbonyl (C=O) groups is 1. The highest BCUT2D eigenvalue weighted by molar-refractivity contribution is 7.99. The molecular weight excluding hydrogens is 411 g/mol. The molecule has 156 valence electrons. The molecule has 1 N–H and O–H groups in total. The molecule has 4 aromatic rings. The van der Waals surface area contributed by atoms with Crippen molar-refractivity contribution in [2.45, 2.75) is 18.1 Å². The minimum absolute atomic E-state index is 0.0934. The molecule has 0 aliphatic carbocycles. The highest BCUT2D eigenvalue weighted by atomic mass is 32.2. The normalized spacial score (nSPS) is 11.8. The fourth-order valence-electron chi connectivity index (χ4n) is 3.20. The largest absolute Gasteiger partial charge is 0.349 e. The number of amides is 1. The van der Waals surface area contributed by atoms with Crippen LogP contribution in [0.3, 0.4) is 0 Å². The van der Waals surface area contributed by atoms with Crippen molar-refractivity contribution in [3.8, 4) is 17.1 Å². The van der Waals surface area contributed by atoms with E-state index in [1.807, 2.05) is 72.2 Å². The number of hydrogen-bond donors (Lipinski definition) is 1. The number of nitrogens with zero attached hydrogens (tertiary/aromatic N) is 3. The summed E-state index contributed by atoms with van der Waals surface area (Å²) >= 11 is 1.29. The van der Waals surface area contributed by atoms with Gasteiger partial charge >= 0.3 is 0 Å². The molecule has 0 saturated heterocycles. The van der Waals surface area contributed by atoms with Crippen molar-refractivity contribution in [1.82, 2.24) is 20.1 Å². The molecule has 3 aromatic carbocycles. The highest BCUT2D eigenvalue weighted by Crippen LogP contribution is 2.28. The number of nitrogens with one attached hydrogen (secondary N) is 1. The first-order valence-corrected chi connectivity index (χ1v) is 10.8. The summed E-state index contributed by atoms with van der Waals surface area (Å²) in [5.74, 6) is 0.399. The van der Waals surface area contributed by atoms with Crippen LogP contribution in [0.2, 0.25) is 0 Å². The Labute approximate surface area is 184 Å². The first kappa shape index (κ1) is 20.8. The number of rotatable bonds is 7. The monoisotopic (exact) mass is 432 g/mol. The van der Waals surface area contributed by atoms with Crippen LogP contribution in [0.25, 0.3) is 17.1 Å². The molecule has 0 fully saturated rings. The van der Waals surface area contributed by atoms with Gasteiger partial charge < -0.3 is 5.32 Å². The van der Waals surface area contributed by atoms with E-state index in [-0.39, 0.29) is 23.5 Å². The second-order valence-corrected chi connectivity index (χ2v) is 7.92. The van der Waals surface area contributed by atoms with E-state index in [2.05, 4.69) is 15.5 Å². The Bertz CT molecular complexity index is 1150. The van der Waals surface area contributed by atoms with Gasteiger partial charge in [-0.3, -0.25) is 9.36 Å². The van der Waals surface area contributed by atoms with Crippen molar-refractivity contribution >= 4 is 17.7 Å². The third-order valence-corrected chi connectivity index (χ3v) is 5.69. The SMILES string of the molecule is C[C@H](NC(=O)CSc1nnc(-c2ccccc2)n1-c1ccc(F)cc1)c1ccccc1. The minimum Gasteiger partial charge on any atom is -0.349 e. The number of hydrogen-bond acceptors (Lipinski definition) is 4. The predicted molar refractivity (Wildman–Crippen MR) is 120 cm³/mol. The molecule has 0 unspecified atom stereocenters. The topological polar surface area (TPSA) is 59.8 Å². The Morgan fingerprint density at radius 2 is 1.61 bits per heavy atom. The standard InChI is InChI=1S/C24H21FN4OS/c1-17(18-8-4-2-5-9-18)26-22(30)16-31-24-28-27-23(19-10-6-3-7-11-19)29(24)21-14-12-20(25)13-15-21/h2-15,17H,16H2,1H3,(H,26,30)/t17-/m0/s1. The van der Waals surface area contributed by atoms with Crippen molar-refractivity contribution in [2.75, 3.05) is 5.75 Å². The first-order valence-electron chi connectivity index (χ1n) is 9.85. The van der Waals surface area contributed by atoms with Gasteiger partial charge in [-0.15, -0.1) is 10.2 Å². The summed E-state index contributed by atoms with van der Waals surface area (Å²) in [6.07, 6.45) is 0. The van der Waals surface area contributed by atoms with Gasteiger partial charge in [0.05, 0.1) is 11.8 Å². The average Bonchev–Trinajstić information content (AvgIpc) is 3.23. The Balaban J connectivity index is 1.55. The van der Waals surface area contributed by atoms with Crippen LogP contribution >= 0.6 is 11.8 Å². The van der Waals surface area contributed by atoms with E-state index in [0.29, 0.717) is 11.0 Å². The van der Waals surface area contributed by atoms with Crippen LogP contribution in [0.5, 0.6) is 0 Å². The lowest BCUT2D eigenvalue weighted by molar-refractivity contribution is -0.119. The van der Waals surface area contributed by atoms with Gasteiger partial charge in [0.15, 0.2) is 11.0 Å². The Kier molecular flexibility index (Phi) is 6.43. The zero-order chi connectivity index (χ0) is 21.6. The summed E-state index contributed by atoms with van der Waals surface area (Å²) in [6.45, 7) is 1.95. The van der Waals surface area contributed by atoms with Crippen molar-refractivity contribution in [1.29, 1.82) is 0 Å². The number of carbonyl (C=O) groups excluding carboxylic acids is 1. The van der Waals surface area contributed by atoms with E-state index < -0.39 is 0 Å². The summed E-state index contributed by atoms with van der Waals surface area (Å²) in [5, 5.41) is 12.2. The fourth-order valence-corrected chi connectivity index (χ4v) is 3.96. The predicted octanol–water partition coefficient (Wildman–Crippen LogP) is 5.04. The maximum Gasteiger partial charge on any atom is 0.230 e. The van der Waals surface area contributed by atoms with E-state index in [1.54, 1.807) is 12.1 Å². The van der Waals surface area contributed by atoms with E-state index in [9.17, 15) is 9.18 Å². The Morgan fingerprint density at radius 3 is 2.29 bits per heavy atom. The van der Waals surface area contributed by atoms with Gasteiger partial charge in [-0.1, -0.05) is 72.4 Å². The average molecular weight is 433 g/mol. The van der Waals surface area contributed by atoms with E-state index >= 15 is 0 Å². The second kappa shape index (κ2) is 9.57. The van der Waals surface area contributed by atoms with Gasteiger partial charge in [-0.25, -0.2) is 4.39 Å². The summed E-state index contributed by atoms with van der Waals surface area (Å²) in [6, 6.07) is 25.5. The molecule has 4 rings (SSSR count). The smallest absolute Gasteiger partial charge is 0.230 e. The molecular formula is C24H21FN4OS. The van der Waals surface area contributed by atoms with E-state index in [4.69, 9.17) is 0 Å². The lowest BCUT2D eigenvalue weighted by atomic mass is 10.1. The lowest BCUT2D eigenvalue weighted by Gasteiger charge is -2.14. The Hall–Kier alpha value is -3.45. The maximum absolute atomic E-state index is 13.5.